The van der Waals surface area contributed by atoms with Crippen molar-refractivity contribution in [2.24, 2.45) is 0 Å². The van der Waals surface area contributed by atoms with Gasteiger partial charge in [-0.05, 0) is 7.05 Å². The van der Waals surface area contributed by atoms with Crippen LogP contribution in [0.2, 0.25) is 0 Å². The molecule has 1 atom stereocenters. The Kier molecular flexibility index (Phi) is 5.21. The molecule has 0 bridgehead atoms. The Bertz CT molecular complexity index is 689. The van der Waals surface area contributed by atoms with E-state index in [1.807, 2.05) is 11.9 Å². The van der Waals surface area contributed by atoms with Crippen LogP contribution >= 0.6 is 0 Å². The van der Waals surface area contributed by atoms with E-state index < -0.39 is 0 Å². The maximum absolute atomic E-state index is 12.2. The number of aromatic nitrogens is 4. The summed E-state index contributed by atoms with van der Waals surface area (Å²) >= 11 is 0. The highest BCUT2D eigenvalue weighted by atomic mass is 16.5. The molecule has 24 heavy (non-hydrogen) atoms. The Morgan fingerprint density at radius 2 is 2.33 bits per heavy atom. The number of hydrogen-bond acceptors (Lipinski definition) is 7. The van der Waals surface area contributed by atoms with Crippen LogP contribution in [0.4, 0.5) is 5.82 Å². The number of methoxy groups -OCH3 is 1. The van der Waals surface area contributed by atoms with E-state index in [0.29, 0.717) is 31.0 Å². The van der Waals surface area contributed by atoms with E-state index >= 15 is 0 Å². The lowest BCUT2D eigenvalue weighted by Crippen LogP contribution is -2.36. The van der Waals surface area contributed by atoms with E-state index in [2.05, 4.69) is 25.4 Å². The van der Waals surface area contributed by atoms with Crippen molar-refractivity contribution in [2.45, 2.75) is 12.5 Å². The molecule has 1 aliphatic rings. The molecule has 3 heterocycles. The molecule has 9 heteroatoms. The first-order valence-corrected chi connectivity index (χ1v) is 8.03. The quantitative estimate of drug-likeness (QED) is 0.710. The van der Waals surface area contributed by atoms with Crippen LogP contribution in [-0.2, 0) is 9.53 Å². The summed E-state index contributed by atoms with van der Waals surface area (Å²) in [5.41, 5.74) is 0.669. The van der Waals surface area contributed by atoms with Gasteiger partial charge in [0, 0.05) is 52.1 Å². The van der Waals surface area contributed by atoms with Gasteiger partial charge in [-0.2, -0.15) is 0 Å². The third-order valence-electron chi connectivity index (χ3n) is 4.20. The number of anilines is 1. The standard InChI is InChI=1S/C15H23N7O2/c1-20(7-8-24-2)5-6-21-10-12(9-13(21)23)18-14-15-19-17-11-22(15)4-3-16-14/h3-4,11-12H,5-10H2,1-2H3,(H,16,18). The van der Waals surface area contributed by atoms with Crippen LogP contribution < -0.4 is 5.32 Å². The van der Waals surface area contributed by atoms with E-state index in [1.165, 1.54) is 0 Å². The molecular formula is C15H23N7O2. The zero-order valence-electron chi connectivity index (χ0n) is 14.1. The predicted molar refractivity (Wildman–Crippen MR) is 88.8 cm³/mol. The highest BCUT2D eigenvalue weighted by molar-refractivity contribution is 5.80. The van der Waals surface area contributed by atoms with Crippen molar-refractivity contribution < 1.29 is 9.53 Å². The Hall–Kier alpha value is -2.26. The topological polar surface area (TPSA) is 87.9 Å². The van der Waals surface area contributed by atoms with Crippen LogP contribution in [0.15, 0.2) is 18.7 Å². The number of likely N-dealkylation sites (N-methyl/N-ethyl adjacent to an activating group) is 1. The zero-order valence-corrected chi connectivity index (χ0v) is 14.1. The number of rotatable bonds is 8. The lowest BCUT2D eigenvalue weighted by molar-refractivity contribution is -0.127. The smallest absolute Gasteiger partial charge is 0.224 e. The number of ether oxygens (including phenoxy) is 1. The molecule has 1 saturated heterocycles. The summed E-state index contributed by atoms with van der Waals surface area (Å²) < 4.78 is 6.87. The van der Waals surface area contributed by atoms with Crippen molar-refractivity contribution >= 4 is 17.4 Å². The minimum absolute atomic E-state index is 0.0391. The van der Waals surface area contributed by atoms with Gasteiger partial charge in [0.25, 0.3) is 0 Å². The van der Waals surface area contributed by atoms with Gasteiger partial charge in [-0.25, -0.2) is 4.98 Å². The van der Waals surface area contributed by atoms with E-state index in [1.54, 1.807) is 30.2 Å². The highest BCUT2D eigenvalue weighted by Gasteiger charge is 2.30. The Morgan fingerprint density at radius 3 is 3.17 bits per heavy atom. The summed E-state index contributed by atoms with van der Waals surface area (Å²) in [5, 5.41) is 11.3. The van der Waals surface area contributed by atoms with Gasteiger partial charge in [0.2, 0.25) is 11.6 Å². The molecule has 1 fully saturated rings. The lowest BCUT2D eigenvalue weighted by Gasteiger charge is -2.22. The molecule has 0 spiro atoms. The van der Waals surface area contributed by atoms with E-state index in [-0.39, 0.29) is 11.9 Å². The number of carbonyl (C=O) groups is 1. The molecule has 1 N–H and O–H groups in total. The second kappa shape index (κ2) is 7.54. The molecule has 3 rings (SSSR count). The maximum atomic E-state index is 12.2. The second-order valence-electron chi connectivity index (χ2n) is 6.02. The number of fused-ring (bicyclic) bond motifs is 1. The van der Waals surface area contributed by atoms with Crippen LogP contribution in [0.5, 0.6) is 0 Å². The first-order valence-electron chi connectivity index (χ1n) is 8.03. The van der Waals surface area contributed by atoms with Crippen molar-refractivity contribution in [1.82, 2.24) is 29.4 Å². The summed E-state index contributed by atoms with van der Waals surface area (Å²) in [5.74, 6) is 0.827. The van der Waals surface area contributed by atoms with Crippen molar-refractivity contribution in [3.8, 4) is 0 Å². The first-order chi connectivity index (χ1) is 11.7. The average Bonchev–Trinajstić information content (AvgIpc) is 3.18. The van der Waals surface area contributed by atoms with Gasteiger partial charge >= 0.3 is 0 Å². The van der Waals surface area contributed by atoms with E-state index in [9.17, 15) is 4.79 Å². The van der Waals surface area contributed by atoms with Gasteiger partial charge in [0.05, 0.1) is 12.6 Å². The normalized spacial score (nSPS) is 18.0. The molecule has 1 amide bonds. The van der Waals surface area contributed by atoms with Crippen molar-refractivity contribution in [1.29, 1.82) is 0 Å². The number of nitrogens with one attached hydrogen (secondary N) is 1. The SMILES string of the molecule is COCCN(C)CCN1CC(Nc2nccn3cnnc23)CC1=O. The number of nitrogens with zero attached hydrogens (tertiary/aromatic N) is 6. The van der Waals surface area contributed by atoms with Crippen LogP contribution in [0.1, 0.15) is 6.42 Å². The molecular weight excluding hydrogens is 310 g/mol. The molecule has 1 unspecified atom stereocenters. The Balaban J connectivity index is 1.54. The molecule has 2 aromatic heterocycles. The zero-order chi connectivity index (χ0) is 16.9. The van der Waals surface area contributed by atoms with Crippen molar-refractivity contribution in [3.05, 3.63) is 18.7 Å². The van der Waals surface area contributed by atoms with Crippen LogP contribution in [0.3, 0.4) is 0 Å². The predicted octanol–water partition coefficient (Wildman–Crippen LogP) is -0.285. The maximum Gasteiger partial charge on any atom is 0.224 e. The fraction of sp³-hybridized carbons (Fsp3) is 0.600. The molecule has 9 nitrogen and oxygen atoms in total. The van der Waals surface area contributed by atoms with E-state index in [4.69, 9.17) is 4.74 Å². The summed E-state index contributed by atoms with van der Waals surface area (Å²) in [7, 11) is 3.73. The number of likely N-dealkylation sites (tertiary alicyclic amines) is 1. The molecule has 0 aliphatic carbocycles. The van der Waals surface area contributed by atoms with Crippen molar-refractivity contribution in [2.75, 3.05) is 52.3 Å². The third kappa shape index (κ3) is 3.80. The second-order valence-corrected chi connectivity index (χ2v) is 6.02. The number of amides is 1. The summed E-state index contributed by atoms with van der Waals surface area (Å²) in [6, 6.07) is 0.0391. The van der Waals surface area contributed by atoms with Gasteiger partial charge in [0.1, 0.15) is 6.33 Å². The minimum Gasteiger partial charge on any atom is -0.383 e. The molecule has 130 valence electrons. The van der Waals surface area contributed by atoms with Gasteiger partial charge in [-0.3, -0.25) is 9.20 Å². The average molecular weight is 333 g/mol. The molecule has 0 aromatic carbocycles. The number of hydrogen-bond donors (Lipinski definition) is 1. The molecule has 2 aromatic rings. The van der Waals surface area contributed by atoms with Gasteiger partial charge < -0.3 is 19.9 Å². The molecule has 1 aliphatic heterocycles. The molecule has 0 saturated carbocycles. The van der Waals surface area contributed by atoms with Gasteiger partial charge in [-0.15, -0.1) is 10.2 Å². The Morgan fingerprint density at radius 1 is 1.46 bits per heavy atom. The fourth-order valence-corrected chi connectivity index (χ4v) is 2.79. The van der Waals surface area contributed by atoms with Gasteiger partial charge in [-0.1, -0.05) is 0 Å². The van der Waals surface area contributed by atoms with Crippen LogP contribution in [0, 0.1) is 0 Å². The summed E-state index contributed by atoms with van der Waals surface area (Å²) in [6.07, 6.45) is 5.59. The lowest BCUT2D eigenvalue weighted by atomic mass is 10.2. The van der Waals surface area contributed by atoms with Crippen molar-refractivity contribution in [3.63, 3.8) is 0 Å². The summed E-state index contributed by atoms with van der Waals surface area (Å²) in [6.45, 7) is 3.79. The first kappa shape index (κ1) is 16.6. The largest absolute Gasteiger partial charge is 0.383 e. The molecule has 0 radical (unpaired) electrons. The Labute approximate surface area is 140 Å². The minimum atomic E-state index is 0.0391. The highest BCUT2D eigenvalue weighted by Crippen LogP contribution is 2.17. The fourth-order valence-electron chi connectivity index (χ4n) is 2.79. The van der Waals surface area contributed by atoms with Crippen LogP contribution in [-0.4, -0.2) is 88.3 Å². The van der Waals surface area contributed by atoms with E-state index in [0.717, 1.165) is 19.6 Å². The number of carbonyl (C=O) groups excluding carboxylic acids is 1. The third-order valence-corrected chi connectivity index (χ3v) is 4.20. The monoisotopic (exact) mass is 333 g/mol. The van der Waals surface area contributed by atoms with Gasteiger partial charge in [0.15, 0.2) is 5.82 Å². The van der Waals surface area contributed by atoms with Crippen LogP contribution in [0.25, 0.3) is 5.65 Å². The summed E-state index contributed by atoms with van der Waals surface area (Å²) in [4.78, 5) is 20.6.